The van der Waals surface area contributed by atoms with Crippen molar-refractivity contribution >= 4 is 11.7 Å². The van der Waals surface area contributed by atoms with Crippen LogP contribution in [0.25, 0.3) is 0 Å². The average molecular weight is 413 g/mol. The predicted octanol–water partition coefficient (Wildman–Crippen LogP) is 0.691. The van der Waals surface area contributed by atoms with Gasteiger partial charge in [-0.05, 0) is 30.2 Å². The van der Waals surface area contributed by atoms with Crippen molar-refractivity contribution in [3.05, 3.63) is 54.2 Å². The van der Waals surface area contributed by atoms with E-state index in [0.29, 0.717) is 25.4 Å². The lowest BCUT2D eigenvalue weighted by molar-refractivity contribution is -0.124. The molecule has 1 saturated carbocycles. The number of aromatic nitrogens is 1. The van der Waals surface area contributed by atoms with Crippen LogP contribution in [0.2, 0.25) is 0 Å². The van der Waals surface area contributed by atoms with Gasteiger partial charge in [-0.2, -0.15) is 0 Å². The lowest BCUT2D eigenvalue weighted by Crippen LogP contribution is -2.46. The molecule has 8 nitrogen and oxygen atoms in total. The first-order valence-corrected chi connectivity index (χ1v) is 10.2. The Morgan fingerprint density at radius 1 is 1.17 bits per heavy atom. The summed E-state index contributed by atoms with van der Waals surface area (Å²) in [6, 6.07) is 12.3. The number of anilines is 1. The number of aliphatic hydroxyl groups is 2. The molecule has 0 spiro atoms. The average Bonchev–Trinajstić information content (AvgIpc) is 3.07. The van der Waals surface area contributed by atoms with Crippen molar-refractivity contribution in [3.63, 3.8) is 0 Å². The number of benzene rings is 1. The molecule has 1 aromatic carbocycles. The van der Waals surface area contributed by atoms with Gasteiger partial charge in [0.05, 0.1) is 25.4 Å². The maximum atomic E-state index is 12.4. The predicted molar refractivity (Wildman–Crippen MR) is 111 cm³/mol. The Labute approximate surface area is 175 Å². The van der Waals surface area contributed by atoms with Crippen LogP contribution in [0.4, 0.5) is 5.82 Å². The van der Waals surface area contributed by atoms with Gasteiger partial charge >= 0.3 is 0 Å². The molecular formula is C22H27N3O5. The molecule has 30 heavy (non-hydrogen) atoms. The van der Waals surface area contributed by atoms with Crippen LogP contribution in [0.5, 0.6) is 5.75 Å². The molecule has 0 bridgehead atoms. The van der Waals surface area contributed by atoms with Crippen LogP contribution in [0.1, 0.15) is 17.9 Å². The van der Waals surface area contributed by atoms with Gasteiger partial charge in [0.2, 0.25) is 0 Å². The number of hydrogen-bond donors (Lipinski definition) is 3. The fraction of sp³-hybridized carbons (Fsp3) is 0.455. The highest BCUT2D eigenvalue weighted by Crippen LogP contribution is 2.35. The first-order chi connectivity index (χ1) is 14.6. The van der Waals surface area contributed by atoms with Gasteiger partial charge in [-0.1, -0.05) is 24.3 Å². The van der Waals surface area contributed by atoms with Crippen molar-refractivity contribution in [3.8, 4) is 5.75 Å². The van der Waals surface area contributed by atoms with Crippen molar-refractivity contribution in [1.29, 1.82) is 0 Å². The van der Waals surface area contributed by atoms with Gasteiger partial charge in [0.1, 0.15) is 17.7 Å². The highest BCUT2D eigenvalue weighted by Gasteiger charge is 2.43. The van der Waals surface area contributed by atoms with E-state index >= 15 is 0 Å². The Bertz CT molecular complexity index is 826. The molecule has 1 saturated heterocycles. The molecule has 1 aliphatic carbocycles. The number of para-hydroxylation sites is 1. The number of rotatable bonds is 6. The first-order valence-electron chi connectivity index (χ1n) is 10.2. The van der Waals surface area contributed by atoms with E-state index in [1.807, 2.05) is 30.3 Å². The highest BCUT2D eigenvalue weighted by atomic mass is 16.5. The second-order valence-electron chi connectivity index (χ2n) is 7.64. The molecule has 2 aliphatic rings. The number of hydrogen-bond acceptors (Lipinski definition) is 7. The minimum atomic E-state index is -1.05. The number of carbonyl (C=O) groups is 1. The Hall–Kier alpha value is -2.68. The van der Waals surface area contributed by atoms with Crippen molar-refractivity contribution in [2.24, 2.45) is 0 Å². The molecule has 1 aliphatic heterocycles. The van der Waals surface area contributed by atoms with Gasteiger partial charge in [0, 0.05) is 25.2 Å². The monoisotopic (exact) mass is 413 g/mol. The van der Waals surface area contributed by atoms with Crippen LogP contribution in [0, 0.1) is 0 Å². The van der Waals surface area contributed by atoms with Crippen LogP contribution in [-0.2, 0) is 9.53 Å². The minimum absolute atomic E-state index is 0.162. The maximum Gasteiger partial charge on any atom is 0.258 e. The third kappa shape index (κ3) is 4.72. The molecule has 2 aromatic rings. The topological polar surface area (TPSA) is 104 Å². The maximum absolute atomic E-state index is 12.4. The number of nitrogens with one attached hydrogen (secondary N) is 1. The van der Waals surface area contributed by atoms with E-state index < -0.39 is 18.2 Å². The number of carbonyl (C=O) groups excluding carboxylic acids is 1. The van der Waals surface area contributed by atoms with Crippen LogP contribution in [0.3, 0.4) is 0 Å². The Morgan fingerprint density at radius 2 is 1.93 bits per heavy atom. The Morgan fingerprint density at radius 3 is 2.63 bits per heavy atom. The van der Waals surface area contributed by atoms with Crippen LogP contribution < -0.4 is 15.0 Å². The number of pyridine rings is 1. The Kier molecular flexibility index (Phi) is 6.47. The number of nitrogens with zero attached hydrogens (tertiary/aromatic N) is 2. The summed E-state index contributed by atoms with van der Waals surface area (Å²) in [5.74, 6) is 0.888. The number of amides is 1. The van der Waals surface area contributed by atoms with Gasteiger partial charge in [-0.3, -0.25) is 4.79 Å². The normalized spacial score (nSPS) is 26.4. The van der Waals surface area contributed by atoms with Crippen molar-refractivity contribution in [2.45, 2.75) is 30.6 Å². The highest BCUT2D eigenvalue weighted by molar-refractivity contribution is 5.78. The van der Waals surface area contributed by atoms with E-state index in [1.165, 1.54) is 0 Å². The van der Waals surface area contributed by atoms with Gasteiger partial charge in [-0.15, -0.1) is 0 Å². The Balaban J connectivity index is 1.40. The molecular weight excluding hydrogens is 386 g/mol. The third-order valence-electron chi connectivity index (χ3n) is 5.67. The smallest absolute Gasteiger partial charge is 0.258 e. The number of morpholine rings is 1. The summed E-state index contributed by atoms with van der Waals surface area (Å²) < 4.78 is 10.9. The molecule has 160 valence electrons. The molecule has 1 aromatic heterocycles. The van der Waals surface area contributed by atoms with E-state index in [9.17, 15) is 15.0 Å². The second kappa shape index (κ2) is 9.42. The molecule has 0 radical (unpaired) electrons. The zero-order valence-corrected chi connectivity index (χ0v) is 16.7. The lowest BCUT2D eigenvalue weighted by atomic mass is 9.95. The van der Waals surface area contributed by atoms with Crippen molar-refractivity contribution in [2.75, 3.05) is 37.8 Å². The summed E-state index contributed by atoms with van der Waals surface area (Å²) in [5.41, 5.74) is 0.872. The van der Waals surface area contributed by atoms with Crippen LogP contribution in [-0.4, -0.2) is 72.3 Å². The largest absolute Gasteiger partial charge is 0.484 e. The van der Waals surface area contributed by atoms with Crippen molar-refractivity contribution < 1.29 is 24.5 Å². The van der Waals surface area contributed by atoms with E-state index in [1.54, 1.807) is 18.3 Å². The van der Waals surface area contributed by atoms with Crippen LogP contribution >= 0.6 is 0 Å². The number of ether oxygens (including phenoxy) is 2. The molecule has 4 rings (SSSR count). The lowest BCUT2D eigenvalue weighted by Gasteiger charge is -2.28. The van der Waals surface area contributed by atoms with E-state index in [4.69, 9.17) is 9.47 Å². The summed E-state index contributed by atoms with van der Waals surface area (Å²) >= 11 is 0. The molecule has 3 N–H and O–H groups in total. The summed E-state index contributed by atoms with van der Waals surface area (Å²) in [6.07, 6.45) is 0.160. The van der Waals surface area contributed by atoms with Gasteiger partial charge in [-0.25, -0.2) is 4.98 Å². The quantitative estimate of drug-likeness (QED) is 0.640. The van der Waals surface area contributed by atoms with E-state index in [0.717, 1.165) is 24.5 Å². The fourth-order valence-electron chi connectivity index (χ4n) is 4.04. The van der Waals surface area contributed by atoms with Crippen molar-refractivity contribution in [1.82, 2.24) is 10.3 Å². The SMILES string of the molecule is O=C(COc1ccccc1)N[C@H]1[C@H](O)[C@H](O)C[C@@H]1c1ccc(N2CCOCC2)nc1. The number of aliphatic hydroxyl groups excluding tert-OH is 2. The first kappa shape index (κ1) is 20.6. The van der Waals surface area contributed by atoms with E-state index in [2.05, 4.69) is 15.2 Å². The molecule has 0 unspecified atom stereocenters. The molecule has 1 amide bonds. The minimum Gasteiger partial charge on any atom is -0.484 e. The zero-order valence-electron chi connectivity index (χ0n) is 16.7. The van der Waals surface area contributed by atoms with Crippen LogP contribution in [0.15, 0.2) is 48.7 Å². The molecule has 2 heterocycles. The second-order valence-corrected chi connectivity index (χ2v) is 7.64. The molecule has 8 heteroatoms. The van der Waals surface area contributed by atoms with Gasteiger partial charge in [0.25, 0.3) is 5.91 Å². The molecule has 4 atom stereocenters. The molecule has 2 fully saturated rings. The summed E-state index contributed by atoms with van der Waals surface area (Å²) in [6.45, 7) is 2.80. The zero-order chi connectivity index (χ0) is 20.9. The fourth-order valence-corrected chi connectivity index (χ4v) is 4.04. The summed E-state index contributed by atoms with van der Waals surface area (Å²) in [5, 5.41) is 23.5. The standard InChI is InChI=1S/C22H27N3O5/c26-18-12-17(15-6-7-19(23-13-15)25-8-10-29-11-9-25)21(22(18)28)24-20(27)14-30-16-4-2-1-3-5-16/h1-7,13,17-18,21-22,26,28H,8-12,14H2,(H,24,27)/t17-,18-,21-,22-/m1/s1. The summed E-state index contributed by atoms with van der Waals surface area (Å²) in [7, 11) is 0. The third-order valence-corrected chi connectivity index (χ3v) is 5.67. The summed E-state index contributed by atoms with van der Waals surface area (Å²) in [4.78, 5) is 19.1. The van der Waals surface area contributed by atoms with Gasteiger partial charge < -0.3 is 29.9 Å². The van der Waals surface area contributed by atoms with Gasteiger partial charge in [0.15, 0.2) is 6.61 Å². The van der Waals surface area contributed by atoms with E-state index in [-0.39, 0.29) is 18.4 Å².